The topological polar surface area (TPSA) is 49.3 Å². The lowest BCUT2D eigenvalue weighted by Crippen LogP contribution is -2.37. The number of hydrogen-bond donors (Lipinski definition) is 2. The molecule has 0 aromatic carbocycles. The molecule has 0 atom stereocenters. The van der Waals surface area contributed by atoms with Crippen LogP contribution in [0, 0.1) is 12.8 Å². The molecule has 2 rings (SSSR count). The minimum absolute atomic E-state index is 0. The van der Waals surface area contributed by atoms with Gasteiger partial charge in [0, 0.05) is 24.7 Å². The number of hydrogen-bond acceptors (Lipinski definition) is 3. The Morgan fingerprint density at radius 3 is 2.71 bits per heavy atom. The molecule has 1 aromatic heterocycles. The summed E-state index contributed by atoms with van der Waals surface area (Å²) in [5.41, 5.74) is 0. The summed E-state index contributed by atoms with van der Waals surface area (Å²) in [4.78, 5) is 9.86. The van der Waals surface area contributed by atoms with Gasteiger partial charge in [-0.1, -0.05) is 32.1 Å². The second-order valence-corrected chi connectivity index (χ2v) is 6.83. The molecule has 2 N–H and O–H groups in total. The summed E-state index contributed by atoms with van der Waals surface area (Å²) < 4.78 is 0. The molecule has 0 bridgehead atoms. The summed E-state index contributed by atoms with van der Waals surface area (Å²) in [6, 6.07) is 0. The number of aromatic nitrogens is 1. The molecule has 0 spiro atoms. The highest BCUT2D eigenvalue weighted by atomic mass is 127. The normalized spacial score (nSPS) is 16.4. The molecule has 0 unspecified atom stereocenters. The van der Waals surface area contributed by atoms with E-state index in [2.05, 4.69) is 27.5 Å². The predicted molar refractivity (Wildman–Crippen MR) is 102 cm³/mol. The van der Waals surface area contributed by atoms with Gasteiger partial charge in [0.1, 0.15) is 5.01 Å². The zero-order valence-electron chi connectivity index (χ0n) is 13.0. The number of guanidine groups is 1. The van der Waals surface area contributed by atoms with E-state index in [-0.39, 0.29) is 24.0 Å². The van der Waals surface area contributed by atoms with Crippen LogP contribution in [0.4, 0.5) is 0 Å². The van der Waals surface area contributed by atoms with Gasteiger partial charge in [-0.25, -0.2) is 4.98 Å². The minimum Gasteiger partial charge on any atom is -0.356 e. The Morgan fingerprint density at radius 1 is 1.33 bits per heavy atom. The van der Waals surface area contributed by atoms with Gasteiger partial charge >= 0.3 is 0 Å². The van der Waals surface area contributed by atoms with Crippen LogP contribution in [0.25, 0.3) is 0 Å². The van der Waals surface area contributed by atoms with Crippen molar-refractivity contribution in [1.82, 2.24) is 15.6 Å². The molecule has 6 heteroatoms. The largest absolute Gasteiger partial charge is 0.356 e. The van der Waals surface area contributed by atoms with Crippen molar-refractivity contribution in [2.24, 2.45) is 10.9 Å². The van der Waals surface area contributed by atoms with Crippen molar-refractivity contribution in [2.45, 2.75) is 52.0 Å². The Bertz CT molecular complexity index is 427. The molecule has 1 aliphatic carbocycles. The molecule has 0 radical (unpaired) electrons. The molecular weight excluding hydrogens is 395 g/mol. The third kappa shape index (κ3) is 6.95. The number of thiazole rings is 1. The molecule has 0 amide bonds. The maximum Gasteiger partial charge on any atom is 0.191 e. The fourth-order valence-electron chi connectivity index (χ4n) is 2.73. The van der Waals surface area contributed by atoms with Gasteiger partial charge in [-0.05, 0) is 19.3 Å². The molecule has 1 fully saturated rings. The maximum absolute atomic E-state index is 4.35. The van der Waals surface area contributed by atoms with E-state index in [0.717, 1.165) is 30.0 Å². The molecular formula is C15H27IN4S. The van der Waals surface area contributed by atoms with Crippen LogP contribution in [0.5, 0.6) is 0 Å². The summed E-state index contributed by atoms with van der Waals surface area (Å²) in [5.74, 6) is 1.80. The standard InChI is InChI=1S/C15H26N4S.HI/c1-12-10-18-14(20-12)11-19-15(16-2)17-9-8-13-6-4-3-5-7-13;/h10,13H,3-9,11H2,1-2H3,(H2,16,17,19);1H. The van der Waals surface area contributed by atoms with Crippen LogP contribution in [0.1, 0.15) is 48.4 Å². The summed E-state index contributed by atoms with van der Waals surface area (Å²) in [6.45, 7) is 3.85. The van der Waals surface area contributed by atoms with Gasteiger partial charge in [0.15, 0.2) is 5.96 Å². The van der Waals surface area contributed by atoms with Gasteiger partial charge in [-0.2, -0.15) is 0 Å². The lowest BCUT2D eigenvalue weighted by molar-refractivity contribution is 0.339. The van der Waals surface area contributed by atoms with Crippen molar-refractivity contribution in [2.75, 3.05) is 13.6 Å². The highest BCUT2D eigenvalue weighted by Crippen LogP contribution is 2.25. The van der Waals surface area contributed by atoms with Crippen molar-refractivity contribution < 1.29 is 0 Å². The first-order valence-electron chi connectivity index (χ1n) is 7.63. The minimum atomic E-state index is 0. The lowest BCUT2D eigenvalue weighted by Gasteiger charge is -2.22. The summed E-state index contributed by atoms with van der Waals surface area (Å²) in [7, 11) is 1.82. The first-order chi connectivity index (χ1) is 9.78. The zero-order chi connectivity index (χ0) is 14.2. The van der Waals surface area contributed by atoms with Crippen LogP contribution in [0.15, 0.2) is 11.2 Å². The highest BCUT2D eigenvalue weighted by Gasteiger charge is 2.12. The Kier molecular flexibility index (Phi) is 9.23. The van der Waals surface area contributed by atoms with Crippen LogP contribution in [-0.2, 0) is 6.54 Å². The maximum atomic E-state index is 4.35. The summed E-state index contributed by atoms with van der Waals surface area (Å²) in [6.07, 6.45) is 10.3. The molecule has 1 aromatic rings. The van der Waals surface area contributed by atoms with E-state index in [4.69, 9.17) is 0 Å². The van der Waals surface area contributed by atoms with Gasteiger partial charge in [0.2, 0.25) is 0 Å². The second-order valence-electron chi connectivity index (χ2n) is 5.51. The van der Waals surface area contributed by atoms with Crippen molar-refractivity contribution >= 4 is 41.3 Å². The van der Waals surface area contributed by atoms with Gasteiger partial charge in [0.25, 0.3) is 0 Å². The Morgan fingerprint density at radius 2 is 2.10 bits per heavy atom. The average molecular weight is 422 g/mol. The molecule has 4 nitrogen and oxygen atoms in total. The first kappa shape index (κ1) is 18.7. The van der Waals surface area contributed by atoms with Gasteiger partial charge in [0.05, 0.1) is 6.54 Å². The van der Waals surface area contributed by atoms with E-state index in [1.54, 1.807) is 11.3 Å². The van der Waals surface area contributed by atoms with Gasteiger partial charge in [-0.15, -0.1) is 35.3 Å². The Balaban J connectivity index is 0.00000220. The SMILES string of the molecule is CN=C(NCCC1CCCCC1)NCc1ncc(C)s1.I. The monoisotopic (exact) mass is 422 g/mol. The molecule has 21 heavy (non-hydrogen) atoms. The number of nitrogens with one attached hydrogen (secondary N) is 2. The van der Waals surface area contributed by atoms with Gasteiger partial charge in [-0.3, -0.25) is 4.99 Å². The third-order valence-corrected chi connectivity index (χ3v) is 4.78. The quantitative estimate of drug-likeness (QED) is 0.432. The van der Waals surface area contributed by atoms with E-state index in [0.29, 0.717) is 0 Å². The second kappa shape index (κ2) is 10.4. The molecule has 1 aliphatic rings. The molecule has 1 heterocycles. The van der Waals surface area contributed by atoms with E-state index >= 15 is 0 Å². The van der Waals surface area contributed by atoms with Crippen molar-refractivity contribution in [3.8, 4) is 0 Å². The van der Waals surface area contributed by atoms with Crippen molar-refractivity contribution in [3.05, 3.63) is 16.1 Å². The van der Waals surface area contributed by atoms with Crippen LogP contribution < -0.4 is 10.6 Å². The Labute approximate surface area is 149 Å². The summed E-state index contributed by atoms with van der Waals surface area (Å²) >= 11 is 1.73. The first-order valence-corrected chi connectivity index (χ1v) is 8.45. The van der Waals surface area contributed by atoms with Crippen LogP contribution in [0.3, 0.4) is 0 Å². The lowest BCUT2D eigenvalue weighted by atomic mass is 9.87. The van der Waals surface area contributed by atoms with Crippen LogP contribution >= 0.6 is 35.3 Å². The summed E-state index contributed by atoms with van der Waals surface area (Å²) in [5, 5.41) is 7.84. The average Bonchev–Trinajstić information content (AvgIpc) is 2.89. The highest BCUT2D eigenvalue weighted by molar-refractivity contribution is 14.0. The molecule has 1 saturated carbocycles. The van der Waals surface area contributed by atoms with E-state index < -0.39 is 0 Å². The predicted octanol–water partition coefficient (Wildman–Crippen LogP) is 3.70. The number of aryl methyl sites for hydroxylation is 1. The third-order valence-electron chi connectivity index (χ3n) is 3.87. The van der Waals surface area contributed by atoms with Crippen LogP contribution in [-0.4, -0.2) is 24.5 Å². The number of halogens is 1. The van der Waals surface area contributed by atoms with E-state index in [1.807, 2.05) is 13.2 Å². The van der Waals surface area contributed by atoms with Crippen molar-refractivity contribution in [3.63, 3.8) is 0 Å². The smallest absolute Gasteiger partial charge is 0.191 e. The van der Waals surface area contributed by atoms with E-state index in [9.17, 15) is 0 Å². The number of aliphatic imine (C=N–C) groups is 1. The number of rotatable bonds is 5. The number of nitrogens with zero attached hydrogens (tertiary/aromatic N) is 2. The van der Waals surface area contributed by atoms with Crippen molar-refractivity contribution in [1.29, 1.82) is 0 Å². The zero-order valence-corrected chi connectivity index (χ0v) is 16.2. The fraction of sp³-hybridized carbons (Fsp3) is 0.733. The van der Waals surface area contributed by atoms with E-state index in [1.165, 1.54) is 43.4 Å². The molecule has 0 saturated heterocycles. The van der Waals surface area contributed by atoms with Crippen LogP contribution in [0.2, 0.25) is 0 Å². The molecule has 0 aliphatic heterocycles. The van der Waals surface area contributed by atoms with Gasteiger partial charge < -0.3 is 10.6 Å². The Hall–Kier alpha value is -0.370. The molecule has 120 valence electrons. The fourth-order valence-corrected chi connectivity index (χ4v) is 3.46.